The van der Waals surface area contributed by atoms with Crippen molar-refractivity contribution in [2.75, 3.05) is 0 Å². The molecule has 4 nitrogen and oxygen atoms in total. The maximum Gasteiger partial charge on any atom is 0.148 e. The van der Waals surface area contributed by atoms with Gasteiger partial charge in [0, 0.05) is 32.2 Å². The Bertz CT molecular complexity index is 1610. The van der Waals surface area contributed by atoms with E-state index in [-0.39, 0.29) is 39.0 Å². The third-order valence-corrected chi connectivity index (χ3v) is 7.59. The summed E-state index contributed by atoms with van der Waals surface area (Å²) < 4.78 is 7.35. The number of hydrogen-bond acceptors (Lipinski definition) is 5. The molecule has 0 unspecified atom stereocenters. The second-order valence-corrected chi connectivity index (χ2v) is 9.64. The number of thiazole rings is 1. The molecule has 0 bridgehead atoms. The quantitative estimate of drug-likeness (QED) is 0.224. The number of fused-ring (bicyclic) bond motifs is 4. The molecule has 0 spiro atoms. The fourth-order valence-electron chi connectivity index (χ4n) is 4.92. The SMILES string of the molecule is Oc1ccccc1-c1nc2c(-c3[c-]c(C4=N[C@H]5c6ccccc6C[C@H]5O4)ccc3)cccc2s1.[Pt]. The second-order valence-electron chi connectivity index (χ2n) is 8.60. The number of benzene rings is 4. The van der Waals surface area contributed by atoms with Crippen LogP contribution in [-0.4, -0.2) is 22.1 Å². The van der Waals surface area contributed by atoms with Crippen LogP contribution >= 0.6 is 11.3 Å². The molecule has 35 heavy (non-hydrogen) atoms. The van der Waals surface area contributed by atoms with Gasteiger partial charge >= 0.3 is 0 Å². The number of para-hydroxylation sites is 2. The minimum absolute atomic E-state index is 0. The van der Waals surface area contributed by atoms with Gasteiger partial charge in [-0.3, -0.25) is 4.99 Å². The maximum absolute atomic E-state index is 10.3. The maximum atomic E-state index is 10.3. The van der Waals surface area contributed by atoms with Crippen LogP contribution in [0, 0.1) is 6.07 Å². The first-order chi connectivity index (χ1) is 16.7. The van der Waals surface area contributed by atoms with Crippen molar-refractivity contribution in [2.24, 2.45) is 4.99 Å². The fourth-order valence-corrected chi connectivity index (χ4v) is 5.94. The summed E-state index contributed by atoms with van der Waals surface area (Å²) in [5.41, 5.74) is 7.04. The Morgan fingerprint density at radius 2 is 1.63 bits per heavy atom. The van der Waals surface area contributed by atoms with Crippen LogP contribution < -0.4 is 0 Å². The van der Waals surface area contributed by atoms with Crippen LogP contribution in [0.1, 0.15) is 22.7 Å². The van der Waals surface area contributed by atoms with E-state index in [1.165, 1.54) is 11.1 Å². The number of phenolic OH excluding ortho intramolecular Hbond substituents is 1. The first-order valence-electron chi connectivity index (χ1n) is 11.3. The smallest absolute Gasteiger partial charge is 0.148 e. The molecule has 4 aromatic carbocycles. The van der Waals surface area contributed by atoms with Gasteiger partial charge in [0.25, 0.3) is 0 Å². The van der Waals surface area contributed by atoms with Crippen LogP contribution in [0.2, 0.25) is 0 Å². The summed E-state index contributed by atoms with van der Waals surface area (Å²) in [7, 11) is 0. The van der Waals surface area contributed by atoms with Crippen molar-refractivity contribution >= 4 is 27.5 Å². The van der Waals surface area contributed by atoms with Crippen molar-refractivity contribution in [3.63, 3.8) is 0 Å². The van der Waals surface area contributed by atoms with E-state index in [1.54, 1.807) is 17.4 Å². The summed E-state index contributed by atoms with van der Waals surface area (Å²) in [4.78, 5) is 9.83. The van der Waals surface area contributed by atoms with E-state index < -0.39 is 0 Å². The third-order valence-electron chi connectivity index (χ3n) is 6.54. The van der Waals surface area contributed by atoms with E-state index in [2.05, 4.69) is 42.5 Å². The van der Waals surface area contributed by atoms with Crippen LogP contribution in [0.4, 0.5) is 0 Å². The molecule has 1 aromatic heterocycles. The van der Waals surface area contributed by atoms with Gasteiger partial charge in [0.15, 0.2) is 0 Å². The van der Waals surface area contributed by atoms with E-state index in [9.17, 15) is 5.11 Å². The Labute approximate surface area is 221 Å². The number of rotatable bonds is 3. The molecule has 0 saturated heterocycles. The number of aromatic hydroxyl groups is 1. The van der Waals surface area contributed by atoms with Gasteiger partial charge in [0.2, 0.25) is 0 Å². The zero-order chi connectivity index (χ0) is 22.6. The minimum atomic E-state index is 0. The van der Waals surface area contributed by atoms with Crippen molar-refractivity contribution < 1.29 is 30.9 Å². The van der Waals surface area contributed by atoms with Gasteiger partial charge in [-0.15, -0.1) is 41.2 Å². The average molecular weight is 655 g/mol. The van der Waals surface area contributed by atoms with Gasteiger partial charge in [-0.05, 0) is 29.3 Å². The van der Waals surface area contributed by atoms with Gasteiger partial charge < -0.3 is 9.84 Å². The summed E-state index contributed by atoms with van der Waals surface area (Å²) in [6, 6.07) is 31.6. The number of ether oxygens (including phenoxy) is 1. The molecular weight excluding hydrogens is 635 g/mol. The third kappa shape index (κ3) is 3.71. The minimum Gasteiger partial charge on any atom is -0.507 e. The normalized spacial score (nSPS) is 17.9. The van der Waals surface area contributed by atoms with Crippen LogP contribution in [0.3, 0.4) is 0 Å². The van der Waals surface area contributed by atoms with Gasteiger partial charge in [0.05, 0.1) is 11.1 Å². The monoisotopic (exact) mass is 654 g/mol. The second kappa shape index (κ2) is 8.74. The molecule has 5 aromatic rings. The van der Waals surface area contributed by atoms with Crippen molar-refractivity contribution in [1.29, 1.82) is 0 Å². The Morgan fingerprint density at radius 3 is 2.54 bits per heavy atom. The summed E-state index contributed by atoms with van der Waals surface area (Å²) in [5, 5.41) is 11.1. The van der Waals surface area contributed by atoms with Crippen molar-refractivity contribution in [1.82, 2.24) is 4.98 Å². The summed E-state index contributed by atoms with van der Waals surface area (Å²) in [6.07, 6.45) is 0.952. The zero-order valence-electron chi connectivity index (χ0n) is 18.4. The summed E-state index contributed by atoms with van der Waals surface area (Å²) in [6.45, 7) is 0. The Hall–Kier alpha value is -3.27. The molecule has 0 fully saturated rings. The van der Waals surface area contributed by atoms with Crippen molar-refractivity contribution in [3.05, 3.63) is 108 Å². The Balaban J connectivity index is 0.00000229. The van der Waals surface area contributed by atoms with Crippen LogP contribution in [0.5, 0.6) is 5.75 Å². The molecule has 1 aliphatic heterocycles. The molecular formula is C29H19N2O2PtS-. The van der Waals surface area contributed by atoms with Gasteiger partial charge in [-0.1, -0.05) is 59.7 Å². The van der Waals surface area contributed by atoms with E-state index in [1.807, 2.05) is 42.5 Å². The predicted octanol–water partition coefficient (Wildman–Crippen LogP) is 6.58. The van der Waals surface area contributed by atoms with Gasteiger partial charge in [-0.2, -0.15) is 0 Å². The zero-order valence-corrected chi connectivity index (χ0v) is 21.5. The first-order valence-corrected chi connectivity index (χ1v) is 12.1. The molecule has 2 atom stereocenters. The average Bonchev–Trinajstić information content (AvgIpc) is 3.57. The standard InChI is InChI=1S/C29H19N2O2S.Pt/c32-23-13-4-3-11-22(23)29-31-27-21(12-6-14-25(27)34-29)17-8-5-9-19(15-17)28-30-26-20-10-2-1-7-18(20)16-24(26)33-28;/h1-14,24,26,32H,16H2;/q-1;/t24-,26+;/m1./s1. The Morgan fingerprint density at radius 1 is 0.857 bits per heavy atom. The molecule has 1 N–H and O–H groups in total. The van der Waals surface area contributed by atoms with Gasteiger partial charge in [0.1, 0.15) is 28.8 Å². The molecule has 0 saturated carbocycles. The molecule has 2 heterocycles. The molecule has 7 rings (SSSR count). The number of aliphatic imine (C=N–C) groups is 1. The summed E-state index contributed by atoms with van der Waals surface area (Å²) in [5.74, 6) is 0.895. The molecule has 6 heteroatoms. The number of aromatic nitrogens is 1. The van der Waals surface area contributed by atoms with E-state index in [0.717, 1.165) is 43.9 Å². The molecule has 1 aliphatic carbocycles. The molecule has 0 radical (unpaired) electrons. The largest absolute Gasteiger partial charge is 0.507 e. The fraction of sp³-hybridized carbons (Fsp3) is 0.103. The van der Waals surface area contributed by atoms with E-state index in [0.29, 0.717) is 5.90 Å². The number of phenols is 1. The van der Waals surface area contributed by atoms with Crippen molar-refractivity contribution in [3.8, 4) is 27.4 Å². The molecule has 174 valence electrons. The van der Waals surface area contributed by atoms with Crippen LogP contribution in [0.25, 0.3) is 31.9 Å². The summed E-state index contributed by atoms with van der Waals surface area (Å²) >= 11 is 1.57. The van der Waals surface area contributed by atoms with Gasteiger partial charge in [-0.25, -0.2) is 4.98 Å². The predicted molar refractivity (Wildman–Crippen MR) is 135 cm³/mol. The first kappa shape index (κ1) is 22.2. The van der Waals surface area contributed by atoms with Crippen molar-refractivity contribution in [2.45, 2.75) is 18.6 Å². The molecule has 2 aliphatic rings. The topological polar surface area (TPSA) is 54.7 Å². The van der Waals surface area contributed by atoms with E-state index >= 15 is 0 Å². The van der Waals surface area contributed by atoms with Crippen LogP contribution in [-0.2, 0) is 32.2 Å². The van der Waals surface area contributed by atoms with Crippen LogP contribution in [0.15, 0.2) is 89.9 Å². The molecule has 0 amide bonds. The Kier molecular flexibility index (Phi) is 5.55. The van der Waals surface area contributed by atoms with E-state index in [4.69, 9.17) is 14.7 Å². The number of hydrogen-bond donors (Lipinski definition) is 1. The number of nitrogens with zero attached hydrogens (tertiary/aromatic N) is 2.